The first-order valence-electron chi connectivity index (χ1n) is 8.79. The largest absolute Gasteiger partial charge is 0.497 e. The third-order valence-corrected chi connectivity index (χ3v) is 4.15. The molecule has 0 fully saturated rings. The van der Waals surface area contributed by atoms with E-state index in [1.54, 1.807) is 25.1 Å². The Kier molecular flexibility index (Phi) is 6.22. The van der Waals surface area contributed by atoms with Gasteiger partial charge in [0.1, 0.15) is 11.4 Å². The molecule has 0 unspecified atom stereocenters. The van der Waals surface area contributed by atoms with E-state index in [0.29, 0.717) is 24.4 Å². The molecule has 6 heteroatoms. The minimum atomic E-state index is -0.154. The van der Waals surface area contributed by atoms with Crippen molar-refractivity contribution in [2.75, 3.05) is 27.4 Å². The van der Waals surface area contributed by atoms with Crippen molar-refractivity contribution in [1.82, 2.24) is 15.1 Å². The lowest BCUT2D eigenvalue weighted by Gasteiger charge is -2.06. The summed E-state index contributed by atoms with van der Waals surface area (Å²) in [4.78, 5) is 12.7. The highest BCUT2D eigenvalue weighted by molar-refractivity contribution is 5.99. The Bertz CT molecular complexity index is 873. The maximum Gasteiger partial charge on any atom is 0.255 e. The summed E-state index contributed by atoms with van der Waals surface area (Å²) in [6.07, 6.45) is 2.52. The van der Waals surface area contributed by atoms with Crippen molar-refractivity contribution in [2.24, 2.45) is 0 Å². The van der Waals surface area contributed by atoms with Gasteiger partial charge in [0.25, 0.3) is 5.91 Å². The number of nitrogens with one attached hydrogen (secondary N) is 1. The van der Waals surface area contributed by atoms with E-state index in [2.05, 4.69) is 10.4 Å². The Morgan fingerprint density at radius 1 is 1.07 bits per heavy atom. The average Bonchev–Trinajstić information content (AvgIpc) is 3.17. The molecule has 1 N–H and O–H groups in total. The fourth-order valence-corrected chi connectivity index (χ4v) is 2.73. The number of carbonyl (C=O) groups is 1. The van der Waals surface area contributed by atoms with Crippen molar-refractivity contribution >= 4 is 5.91 Å². The first-order valence-corrected chi connectivity index (χ1v) is 8.79. The molecule has 2 aromatic carbocycles. The lowest BCUT2D eigenvalue weighted by atomic mass is 10.1. The topological polar surface area (TPSA) is 65.4 Å². The highest BCUT2D eigenvalue weighted by Gasteiger charge is 2.18. The standard InChI is InChI=1S/C21H23N3O3/c1-26-14-6-13-22-21(25)19-15-24(17-7-4-3-5-8-17)23-20(19)16-9-11-18(27-2)12-10-16/h3-5,7-12,15H,6,13-14H2,1-2H3,(H,22,25). The number of aromatic nitrogens is 2. The number of hydrogen-bond donors (Lipinski definition) is 1. The third kappa shape index (κ3) is 4.54. The van der Waals surface area contributed by atoms with Crippen LogP contribution in [0, 0.1) is 0 Å². The quantitative estimate of drug-likeness (QED) is 0.622. The number of amides is 1. The van der Waals surface area contributed by atoms with Crippen molar-refractivity contribution < 1.29 is 14.3 Å². The van der Waals surface area contributed by atoms with Crippen LogP contribution in [0.2, 0.25) is 0 Å². The Labute approximate surface area is 158 Å². The van der Waals surface area contributed by atoms with E-state index >= 15 is 0 Å². The summed E-state index contributed by atoms with van der Waals surface area (Å²) in [6.45, 7) is 1.15. The van der Waals surface area contributed by atoms with Crippen molar-refractivity contribution in [3.63, 3.8) is 0 Å². The van der Waals surface area contributed by atoms with Gasteiger partial charge >= 0.3 is 0 Å². The van der Waals surface area contributed by atoms with E-state index in [1.807, 2.05) is 54.6 Å². The molecule has 3 rings (SSSR count). The molecule has 3 aromatic rings. The highest BCUT2D eigenvalue weighted by atomic mass is 16.5. The van der Waals surface area contributed by atoms with Gasteiger partial charge in [-0.2, -0.15) is 5.10 Å². The minimum absolute atomic E-state index is 0.154. The van der Waals surface area contributed by atoms with Gasteiger partial charge in [0.15, 0.2) is 0 Å². The maximum absolute atomic E-state index is 12.7. The van der Waals surface area contributed by atoms with Crippen LogP contribution in [0.15, 0.2) is 60.8 Å². The van der Waals surface area contributed by atoms with E-state index in [1.165, 1.54) is 0 Å². The van der Waals surface area contributed by atoms with Gasteiger partial charge in [-0.1, -0.05) is 18.2 Å². The molecule has 0 atom stereocenters. The summed E-state index contributed by atoms with van der Waals surface area (Å²) in [5.74, 6) is 0.603. The second-order valence-corrected chi connectivity index (χ2v) is 6.00. The molecule has 0 radical (unpaired) electrons. The predicted molar refractivity (Wildman–Crippen MR) is 104 cm³/mol. The molecule has 0 aliphatic carbocycles. The normalized spacial score (nSPS) is 10.6. The molecule has 0 bridgehead atoms. The van der Waals surface area contributed by atoms with Crippen LogP contribution in [0.1, 0.15) is 16.8 Å². The summed E-state index contributed by atoms with van der Waals surface area (Å²) in [5.41, 5.74) is 2.91. The van der Waals surface area contributed by atoms with Crippen LogP contribution < -0.4 is 10.1 Å². The van der Waals surface area contributed by atoms with Crippen LogP contribution in [-0.2, 0) is 4.74 Å². The smallest absolute Gasteiger partial charge is 0.255 e. The fourth-order valence-electron chi connectivity index (χ4n) is 2.73. The number of hydrogen-bond acceptors (Lipinski definition) is 4. The molecule has 1 heterocycles. The van der Waals surface area contributed by atoms with Gasteiger partial charge in [0.05, 0.1) is 18.4 Å². The number of methoxy groups -OCH3 is 2. The SMILES string of the molecule is COCCCNC(=O)c1cn(-c2ccccc2)nc1-c1ccc(OC)cc1. The highest BCUT2D eigenvalue weighted by Crippen LogP contribution is 2.25. The zero-order valence-electron chi connectivity index (χ0n) is 15.5. The number of rotatable bonds is 8. The molecular weight excluding hydrogens is 342 g/mol. The van der Waals surface area contributed by atoms with Gasteiger partial charge in [0, 0.05) is 32.0 Å². The number of benzene rings is 2. The summed E-state index contributed by atoms with van der Waals surface area (Å²) in [5, 5.41) is 7.60. The van der Waals surface area contributed by atoms with E-state index in [4.69, 9.17) is 9.47 Å². The minimum Gasteiger partial charge on any atom is -0.497 e. The summed E-state index contributed by atoms with van der Waals surface area (Å²) < 4.78 is 12.0. The van der Waals surface area contributed by atoms with E-state index in [0.717, 1.165) is 23.4 Å². The maximum atomic E-state index is 12.7. The zero-order chi connectivity index (χ0) is 19.1. The predicted octanol–water partition coefficient (Wildman–Crippen LogP) is 3.31. The number of ether oxygens (including phenoxy) is 2. The van der Waals surface area contributed by atoms with Crippen LogP contribution in [0.5, 0.6) is 5.75 Å². The molecule has 1 aromatic heterocycles. The lowest BCUT2D eigenvalue weighted by molar-refractivity contribution is 0.0949. The Hall–Kier alpha value is -3.12. The van der Waals surface area contributed by atoms with Crippen molar-refractivity contribution in [1.29, 1.82) is 0 Å². The van der Waals surface area contributed by atoms with Crippen molar-refractivity contribution in [2.45, 2.75) is 6.42 Å². The first kappa shape index (κ1) is 18.7. The van der Waals surface area contributed by atoms with Crippen LogP contribution >= 0.6 is 0 Å². The molecule has 0 saturated heterocycles. The Morgan fingerprint density at radius 3 is 2.48 bits per heavy atom. The molecule has 140 valence electrons. The molecule has 1 amide bonds. The van der Waals surface area contributed by atoms with Crippen LogP contribution in [-0.4, -0.2) is 43.1 Å². The van der Waals surface area contributed by atoms with Gasteiger partial charge in [-0.15, -0.1) is 0 Å². The average molecular weight is 365 g/mol. The number of nitrogens with zero attached hydrogens (tertiary/aromatic N) is 2. The summed E-state index contributed by atoms with van der Waals surface area (Å²) >= 11 is 0. The molecule has 27 heavy (non-hydrogen) atoms. The molecule has 0 spiro atoms. The van der Waals surface area contributed by atoms with E-state index in [9.17, 15) is 4.79 Å². The van der Waals surface area contributed by atoms with Crippen molar-refractivity contribution in [3.8, 4) is 22.7 Å². The molecule has 6 nitrogen and oxygen atoms in total. The van der Waals surface area contributed by atoms with Crippen LogP contribution in [0.25, 0.3) is 16.9 Å². The summed E-state index contributed by atoms with van der Waals surface area (Å²) in [6, 6.07) is 17.2. The van der Waals surface area contributed by atoms with E-state index < -0.39 is 0 Å². The zero-order valence-corrected chi connectivity index (χ0v) is 15.5. The number of para-hydroxylation sites is 1. The first-order chi connectivity index (χ1) is 13.2. The summed E-state index contributed by atoms with van der Waals surface area (Å²) in [7, 11) is 3.27. The van der Waals surface area contributed by atoms with Gasteiger partial charge in [-0.05, 0) is 42.8 Å². The van der Waals surface area contributed by atoms with Gasteiger partial charge in [-0.25, -0.2) is 4.68 Å². The Balaban J connectivity index is 1.93. The fraction of sp³-hybridized carbons (Fsp3) is 0.238. The monoisotopic (exact) mass is 365 g/mol. The van der Waals surface area contributed by atoms with Crippen LogP contribution in [0.4, 0.5) is 0 Å². The molecule has 0 saturated carbocycles. The van der Waals surface area contributed by atoms with E-state index in [-0.39, 0.29) is 5.91 Å². The second kappa shape index (κ2) is 9.00. The van der Waals surface area contributed by atoms with Crippen molar-refractivity contribution in [3.05, 3.63) is 66.4 Å². The third-order valence-electron chi connectivity index (χ3n) is 4.15. The molecule has 0 aliphatic heterocycles. The second-order valence-electron chi connectivity index (χ2n) is 6.00. The number of carbonyl (C=O) groups excluding carboxylic acids is 1. The molecular formula is C21H23N3O3. The molecule has 0 aliphatic rings. The van der Waals surface area contributed by atoms with Gasteiger partial charge in [0.2, 0.25) is 0 Å². The Morgan fingerprint density at radius 2 is 1.81 bits per heavy atom. The van der Waals surface area contributed by atoms with Gasteiger partial charge in [-0.3, -0.25) is 4.79 Å². The van der Waals surface area contributed by atoms with Gasteiger partial charge < -0.3 is 14.8 Å². The van der Waals surface area contributed by atoms with Crippen LogP contribution in [0.3, 0.4) is 0 Å². The lowest BCUT2D eigenvalue weighted by Crippen LogP contribution is -2.25.